The first-order valence-electron chi connectivity index (χ1n) is 7.64. The second kappa shape index (κ2) is 7.16. The van der Waals surface area contributed by atoms with Crippen LogP contribution in [0.4, 0.5) is 0 Å². The number of nitrogens with zero attached hydrogens (tertiary/aromatic N) is 1. The SMILES string of the molecule is COC(=O)c1c(C(=O)OC)n(S(=O)(=O)c2ccccc2)c2cc(Br)ccc12. The molecule has 0 aliphatic carbocycles. The van der Waals surface area contributed by atoms with Gasteiger partial charge < -0.3 is 9.47 Å². The second-order valence-corrected chi connectivity index (χ2v) is 8.15. The summed E-state index contributed by atoms with van der Waals surface area (Å²) in [6.07, 6.45) is 0. The van der Waals surface area contributed by atoms with E-state index in [9.17, 15) is 18.0 Å². The normalized spacial score (nSPS) is 11.4. The Balaban J connectivity index is 2.53. The quantitative estimate of drug-likeness (QED) is 0.565. The molecular weight excluding hydrogens is 438 g/mol. The van der Waals surface area contributed by atoms with E-state index in [1.807, 2.05) is 0 Å². The smallest absolute Gasteiger partial charge is 0.356 e. The lowest BCUT2D eigenvalue weighted by atomic mass is 10.1. The third-order valence-electron chi connectivity index (χ3n) is 3.94. The lowest BCUT2D eigenvalue weighted by molar-refractivity contribution is 0.0552. The Bertz CT molecular complexity index is 1150. The number of hydrogen-bond donors (Lipinski definition) is 0. The van der Waals surface area contributed by atoms with Gasteiger partial charge in [-0.15, -0.1) is 0 Å². The predicted molar refractivity (Wildman–Crippen MR) is 101 cm³/mol. The summed E-state index contributed by atoms with van der Waals surface area (Å²) in [4.78, 5) is 24.8. The number of benzene rings is 2. The Morgan fingerprint density at radius 2 is 1.59 bits per heavy atom. The summed E-state index contributed by atoms with van der Waals surface area (Å²) >= 11 is 3.29. The molecule has 2 aromatic carbocycles. The van der Waals surface area contributed by atoms with Gasteiger partial charge in [0.25, 0.3) is 10.0 Å². The fourth-order valence-electron chi connectivity index (χ4n) is 2.77. The third-order valence-corrected chi connectivity index (χ3v) is 6.16. The number of carbonyl (C=O) groups is 2. The molecule has 3 aromatic rings. The molecule has 0 fully saturated rings. The lowest BCUT2D eigenvalue weighted by Gasteiger charge is -2.11. The maximum absolute atomic E-state index is 13.3. The molecule has 140 valence electrons. The highest BCUT2D eigenvalue weighted by molar-refractivity contribution is 9.10. The van der Waals surface area contributed by atoms with Crippen LogP contribution in [0.2, 0.25) is 0 Å². The van der Waals surface area contributed by atoms with Gasteiger partial charge in [-0.2, -0.15) is 0 Å². The number of hydrogen-bond acceptors (Lipinski definition) is 6. The number of methoxy groups -OCH3 is 2. The average molecular weight is 452 g/mol. The fraction of sp³-hybridized carbons (Fsp3) is 0.111. The van der Waals surface area contributed by atoms with Gasteiger partial charge in [-0.3, -0.25) is 0 Å². The summed E-state index contributed by atoms with van der Waals surface area (Å²) in [7, 11) is -1.94. The Hall–Kier alpha value is -2.65. The molecule has 0 aliphatic heterocycles. The molecule has 0 spiro atoms. The molecule has 0 saturated heterocycles. The molecule has 9 heteroatoms. The van der Waals surface area contributed by atoms with Crippen LogP contribution in [0.15, 0.2) is 57.9 Å². The van der Waals surface area contributed by atoms with Gasteiger partial charge in [0.1, 0.15) is 5.56 Å². The average Bonchev–Trinajstić information content (AvgIpc) is 3.02. The zero-order chi connectivity index (χ0) is 19.8. The van der Waals surface area contributed by atoms with E-state index < -0.39 is 27.7 Å². The molecule has 0 saturated carbocycles. The monoisotopic (exact) mass is 451 g/mol. The van der Waals surface area contributed by atoms with Crippen LogP contribution in [0.5, 0.6) is 0 Å². The van der Waals surface area contributed by atoms with E-state index in [0.29, 0.717) is 4.47 Å². The molecule has 0 aliphatic rings. The molecule has 3 rings (SSSR count). The topological polar surface area (TPSA) is 91.7 Å². The van der Waals surface area contributed by atoms with Gasteiger partial charge in [-0.05, 0) is 24.3 Å². The Morgan fingerprint density at radius 3 is 2.19 bits per heavy atom. The van der Waals surface area contributed by atoms with E-state index in [2.05, 4.69) is 15.9 Å². The Labute approximate surface area is 163 Å². The zero-order valence-electron chi connectivity index (χ0n) is 14.3. The number of ether oxygens (including phenoxy) is 2. The van der Waals surface area contributed by atoms with Crippen LogP contribution < -0.4 is 0 Å². The van der Waals surface area contributed by atoms with Gasteiger partial charge >= 0.3 is 11.9 Å². The molecule has 0 radical (unpaired) electrons. The predicted octanol–water partition coefficient (Wildman–Crippen LogP) is 3.21. The van der Waals surface area contributed by atoms with Gasteiger partial charge in [0.15, 0.2) is 5.69 Å². The van der Waals surface area contributed by atoms with Gasteiger partial charge in [0, 0.05) is 9.86 Å². The van der Waals surface area contributed by atoms with E-state index in [1.165, 1.54) is 24.3 Å². The van der Waals surface area contributed by atoms with Crippen molar-refractivity contribution in [1.82, 2.24) is 3.97 Å². The van der Waals surface area contributed by atoms with Crippen molar-refractivity contribution in [1.29, 1.82) is 0 Å². The number of halogens is 1. The Kier molecular flexibility index (Phi) is 5.07. The van der Waals surface area contributed by atoms with Gasteiger partial charge in [0.2, 0.25) is 0 Å². The molecule has 0 bridgehead atoms. The number of aromatic nitrogens is 1. The second-order valence-electron chi connectivity index (χ2n) is 5.45. The minimum absolute atomic E-state index is 0.0385. The molecule has 27 heavy (non-hydrogen) atoms. The van der Waals surface area contributed by atoms with E-state index in [0.717, 1.165) is 18.2 Å². The molecular formula is C18H14BrNO6S. The van der Waals surface area contributed by atoms with Gasteiger partial charge in [0.05, 0.1) is 24.6 Å². The third kappa shape index (κ3) is 3.13. The van der Waals surface area contributed by atoms with E-state index in [-0.39, 0.29) is 21.4 Å². The summed E-state index contributed by atoms with van der Waals surface area (Å²) in [6, 6.07) is 12.3. The van der Waals surface area contributed by atoms with Crippen molar-refractivity contribution < 1.29 is 27.5 Å². The molecule has 0 atom stereocenters. The largest absolute Gasteiger partial charge is 0.465 e. The van der Waals surface area contributed by atoms with Crippen LogP contribution in [-0.2, 0) is 19.5 Å². The van der Waals surface area contributed by atoms with E-state index in [4.69, 9.17) is 9.47 Å². The molecule has 0 amide bonds. The van der Waals surface area contributed by atoms with E-state index >= 15 is 0 Å². The van der Waals surface area contributed by atoms with Crippen molar-refractivity contribution in [3.8, 4) is 0 Å². The molecule has 7 nitrogen and oxygen atoms in total. The minimum Gasteiger partial charge on any atom is -0.465 e. The van der Waals surface area contributed by atoms with Crippen molar-refractivity contribution in [2.24, 2.45) is 0 Å². The first-order chi connectivity index (χ1) is 12.8. The van der Waals surface area contributed by atoms with E-state index in [1.54, 1.807) is 24.3 Å². The van der Waals surface area contributed by atoms with Crippen molar-refractivity contribution in [2.45, 2.75) is 4.90 Å². The van der Waals surface area contributed by atoms with Gasteiger partial charge in [-0.25, -0.2) is 22.0 Å². The molecule has 0 unspecified atom stereocenters. The molecule has 0 N–H and O–H groups in total. The van der Waals surface area contributed by atoms with Crippen molar-refractivity contribution in [3.63, 3.8) is 0 Å². The first-order valence-corrected chi connectivity index (χ1v) is 9.87. The summed E-state index contributed by atoms with van der Waals surface area (Å²) < 4.78 is 37.6. The maximum atomic E-state index is 13.3. The van der Waals surface area contributed by atoms with Crippen molar-refractivity contribution >= 4 is 48.8 Å². The Morgan fingerprint density at radius 1 is 0.963 bits per heavy atom. The highest BCUT2D eigenvalue weighted by atomic mass is 79.9. The number of fused-ring (bicyclic) bond motifs is 1. The van der Waals surface area contributed by atoms with Gasteiger partial charge in [-0.1, -0.05) is 40.2 Å². The van der Waals surface area contributed by atoms with Crippen LogP contribution in [-0.4, -0.2) is 38.5 Å². The summed E-state index contributed by atoms with van der Waals surface area (Å²) in [5.41, 5.74) is -0.443. The van der Waals surface area contributed by atoms with Crippen LogP contribution >= 0.6 is 15.9 Å². The number of esters is 2. The number of carbonyl (C=O) groups excluding carboxylic acids is 2. The molecule has 1 aromatic heterocycles. The minimum atomic E-state index is -4.20. The lowest BCUT2D eigenvalue weighted by Crippen LogP contribution is -2.21. The van der Waals surface area contributed by atoms with Crippen LogP contribution in [0.1, 0.15) is 20.8 Å². The first kappa shape index (κ1) is 19.1. The highest BCUT2D eigenvalue weighted by Gasteiger charge is 2.34. The summed E-state index contributed by atoms with van der Waals surface area (Å²) in [5, 5.41) is 0.255. The number of rotatable bonds is 4. The van der Waals surface area contributed by atoms with Crippen LogP contribution in [0.25, 0.3) is 10.9 Å². The highest BCUT2D eigenvalue weighted by Crippen LogP contribution is 2.33. The van der Waals surface area contributed by atoms with Crippen LogP contribution in [0, 0.1) is 0 Å². The van der Waals surface area contributed by atoms with Crippen LogP contribution in [0.3, 0.4) is 0 Å². The summed E-state index contributed by atoms with van der Waals surface area (Å²) in [5.74, 6) is -1.81. The summed E-state index contributed by atoms with van der Waals surface area (Å²) in [6.45, 7) is 0. The van der Waals surface area contributed by atoms with Crippen molar-refractivity contribution in [3.05, 3.63) is 64.3 Å². The standard InChI is InChI=1S/C18H14BrNO6S/c1-25-17(21)15-13-9-8-11(19)10-14(13)20(16(15)18(22)26-2)27(23,24)12-6-4-3-5-7-12/h3-10H,1-2H3. The zero-order valence-corrected chi connectivity index (χ0v) is 16.7. The van der Waals surface area contributed by atoms with Crippen molar-refractivity contribution in [2.75, 3.05) is 14.2 Å². The molecule has 1 heterocycles. The maximum Gasteiger partial charge on any atom is 0.356 e. The fourth-order valence-corrected chi connectivity index (χ4v) is 4.65.